The Morgan fingerprint density at radius 3 is 1.64 bits per heavy atom. The van der Waals surface area contributed by atoms with Crippen molar-refractivity contribution >= 4 is 0 Å². The van der Waals surface area contributed by atoms with E-state index in [0.29, 0.717) is 49.5 Å². The highest BCUT2D eigenvalue weighted by Crippen LogP contribution is 2.40. The fourth-order valence-corrected chi connectivity index (χ4v) is 3.93. The van der Waals surface area contributed by atoms with Gasteiger partial charge in [0.25, 0.3) is 0 Å². The van der Waals surface area contributed by atoms with Crippen LogP contribution in [0.2, 0.25) is 0 Å². The van der Waals surface area contributed by atoms with Crippen LogP contribution in [-0.2, 0) is 18.9 Å². The second-order valence-corrected chi connectivity index (χ2v) is 7.17. The van der Waals surface area contributed by atoms with E-state index in [1.807, 2.05) is 0 Å². The van der Waals surface area contributed by atoms with Crippen molar-refractivity contribution in [1.29, 1.82) is 0 Å². The maximum Gasteiger partial charge on any atom is 0.107 e. The number of ether oxygens (including phenoxy) is 4. The first-order chi connectivity index (χ1) is 10.9. The first kappa shape index (κ1) is 15.0. The van der Waals surface area contributed by atoms with Crippen LogP contribution < -0.4 is 0 Å². The van der Waals surface area contributed by atoms with Gasteiger partial charge in [-0.2, -0.15) is 0 Å². The first-order valence-corrected chi connectivity index (χ1v) is 8.80. The molecule has 6 unspecified atom stereocenters. The highest BCUT2D eigenvalue weighted by atomic mass is 16.6. The molecular weight excluding hydrogens is 280 g/mol. The number of epoxide rings is 2. The molecule has 122 valence electrons. The van der Waals surface area contributed by atoms with Gasteiger partial charge >= 0.3 is 0 Å². The van der Waals surface area contributed by atoms with E-state index in [9.17, 15) is 0 Å². The molecule has 4 nitrogen and oxygen atoms in total. The molecule has 4 aliphatic rings. The van der Waals surface area contributed by atoms with Crippen molar-refractivity contribution in [3.8, 4) is 11.8 Å². The molecule has 22 heavy (non-hydrogen) atoms. The van der Waals surface area contributed by atoms with Crippen molar-refractivity contribution in [2.75, 3.05) is 26.4 Å². The maximum absolute atomic E-state index is 5.65. The molecule has 0 N–H and O–H groups in total. The Morgan fingerprint density at radius 2 is 1.18 bits per heavy atom. The molecule has 4 rings (SSSR count). The second-order valence-electron chi connectivity index (χ2n) is 7.17. The second kappa shape index (κ2) is 6.88. The lowest BCUT2D eigenvalue weighted by molar-refractivity contribution is 0.109. The van der Waals surface area contributed by atoms with Crippen molar-refractivity contribution in [2.45, 2.75) is 62.9 Å². The summed E-state index contributed by atoms with van der Waals surface area (Å²) in [6.07, 6.45) is 9.50. The Balaban J connectivity index is 1.01. The van der Waals surface area contributed by atoms with Gasteiger partial charge in [0.15, 0.2) is 0 Å². The maximum atomic E-state index is 5.65. The van der Waals surface area contributed by atoms with Gasteiger partial charge in [0.2, 0.25) is 0 Å². The highest BCUT2D eigenvalue weighted by Gasteiger charge is 2.44. The lowest BCUT2D eigenvalue weighted by Gasteiger charge is -2.18. The molecule has 0 aromatic rings. The molecule has 0 bridgehead atoms. The van der Waals surface area contributed by atoms with Crippen LogP contribution in [0.25, 0.3) is 0 Å². The van der Waals surface area contributed by atoms with Gasteiger partial charge in [-0.3, -0.25) is 0 Å². The highest BCUT2D eigenvalue weighted by molar-refractivity contribution is 4.99. The summed E-state index contributed by atoms with van der Waals surface area (Å²) in [5.74, 6) is 7.43. The van der Waals surface area contributed by atoms with Gasteiger partial charge in [-0.25, -0.2) is 0 Å². The van der Waals surface area contributed by atoms with Crippen molar-refractivity contribution in [2.24, 2.45) is 11.8 Å². The number of rotatable bonds is 6. The summed E-state index contributed by atoms with van der Waals surface area (Å²) in [5, 5.41) is 0. The van der Waals surface area contributed by atoms with Crippen molar-refractivity contribution < 1.29 is 18.9 Å². The molecule has 0 aromatic heterocycles. The summed E-state index contributed by atoms with van der Waals surface area (Å²) in [7, 11) is 0. The zero-order valence-electron chi connectivity index (χ0n) is 13.2. The van der Waals surface area contributed by atoms with Crippen LogP contribution in [0.5, 0.6) is 0 Å². The van der Waals surface area contributed by atoms with E-state index in [0.717, 1.165) is 13.2 Å². The quantitative estimate of drug-likeness (QED) is 0.428. The summed E-state index contributed by atoms with van der Waals surface area (Å²) < 4.78 is 22.4. The average molecular weight is 306 g/mol. The van der Waals surface area contributed by atoms with Crippen LogP contribution in [0.1, 0.15) is 38.5 Å². The van der Waals surface area contributed by atoms with Gasteiger partial charge in [0, 0.05) is 0 Å². The molecular formula is C18H26O4. The molecule has 2 aliphatic carbocycles. The molecule has 0 spiro atoms. The predicted molar refractivity (Wildman–Crippen MR) is 81.4 cm³/mol. The third kappa shape index (κ3) is 4.02. The lowest BCUT2D eigenvalue weighted by Crippen LogP contribution is -2.18. The summed E-state index contributed by atoms with van der Waals surface area (Å²) in [6.45, 7) is 2.70. The molecule has 0 aromatic carbocycles. The minimum absolute atomic E-state index is 0.524. The van der Waals surface area contributed by atoms with E-state index in [2.05, 4.69) is 11.8 Å². The van der Waals surface area contributed by atoms with Gasteiger partial charge in [-0.15, -0.1) is 0 Å². The zero-order valence-corrected chi connectivity index (χ0v) is 13.2. The van der Waals surface area contributed by atoms with E-state index in [-0.39, 0.29) is 0 Å². The molecule has 0 radical (unpaired) electrons. The standard InChI is InChI=1S/C18H26O4/c1(7-19-11-13-3-5-15-17(9-13)21-15)2-8-20-12-14-4-6-16-18(10-14)22-16/h13-18H,3-12H2. The van der Waals surface area contributed by atoms with E-state index < -0.39 is 0 Å². The van der Waals surface area contributed by atoms with E-state index >= 15 is 0 Å². The third-order valence-corrected chi connectivity index (χ3v) is 5.41. The van der Waals surface area contributed by atoms with Crippen LogP contribution >= 0.6 is 0 Å². The van der Waals surface area contributed by atoms with Gasteiger partial charge in [0.1, 0.15) is 13.2 Å². The van der Waals surface area contributed by atoms with E-state index in [4.69, 9.17) is 18.9 Å². The molecule has 2 saturated heterocycles. The van der Waals surface area contributed by atoms with Gasteiger partial charge < -0.3 is 18.9 Å². The summed E-state index contributed by atoms with van der Waals surface area (Å²) >= 11 is 0. The molecule has 4 fully saturated rings. The Hall–Kier alpha value is -0.600. The smallest absolute Gasteiger partial charge is 0.107 e. The first-order valence-electron chi connectivity index (χ1n) is 8.80. The zero-order chi connectivity index (χ0) is 14.8. The van der Waals surface area contributed by atoms with Crippen LogP contribution in [-0.4, -0.2) is 50.8 Å². The lowest BCUT2D eigenvalue weighted by atomic mass is 9.90. The van der Waals surface area contributed by atoms with Gasteiger partial charge in [-0.1, -0.05) is 11.8 Å². The average Bonchev–Trinajstić information content (AvgIpc) is 3.43. The topological polar surface area (TPSA) is 43.5 Å². The minimum Gasteiger partial charge on any atom is -0.370 e. The van der Waals surface area contributed by atoms with E-state index in [1.54, 1.807) is 0 Å². The Morgan fingerprint density at radius 1 is 0.682 bits per heavy atom. The summed E-state index contributed by atoms with van der Waals surface area (Å²) in [6, 6.07) is 0. The molecule has 0 amide bonds. The Bertz CT molecular complexity index is 402. The van der Waals surface area contributed by atoms with Crippen molar-refractivity contribution in [1.82, 2.24) is 0 Å². The minimum atomic E-state index is 0.524. The molecule has 2 aliphatic heterocycles. The monoisotopic (exact) mass is 306 g/mol. The summed E-state index contributed by atoms with van der Waals surface area (Å²) in [5.41, 5.74) is 0. The Kier molecular flexibility index (Phi) is 4.68. The van der Waals surface area contributed by atoms with Crippen LogP contribution in [0, 0.1) is 23.7 Å². The third-order valence-electron chi connectivity index (χ3n) is 5.41. The van der Waals surface area contributed by atoms with Crippen LogP contribution in [0.15, 0.2) is 0 Å². The normalized spacial score (nSPS) is 41.8. The Labute approximate surface area is 132 Å². The summed E-state index contributed by atoms with van der Waals surface area (Å²) in [4.78, 5) is 0. The van der Waals surface area contributed by atoms with Crippen molar-refractivity contribution in [3.63, 3.8) is 0 Å². The molecule has 2 saturated carbocycles. The number of fused-ring (bicyclic) bond motifs is 2. The predicted octanol–water partition coefficient (Wildman–Crippen LogP) is 2.16. The van der Waals surface area contributed by atoms with Gasteiger partial charge in [0.05, 0.1) is 37.6 Å². The van der Waals surface area contributed by atoms with Crippen LogP contribution in [0.3, 0.4) is 0 Å². The SMILES string of the molecule is C(#CCOCC1CCC2OC2C1)COCC1CCC2OC2C1. The molecule has 6 atom stereocenters. The van der Waals surface area contributed by atoms with Gasteiger partial charge in [-0.05, 0) is 50.4 Å². The fraction of sp³-hybridized carbons (Fsp3) is 0.889. The molecule has 2 heterocycles. The largest absolute Gasteiger partial charge is 0.370 e. The van der Waals surface area contributed by atoms with E-state index in [1.165, 1.54) is 38.5 Å². The van der Waals surface area contributed by atoms with Crippen molar-refractivity contribution in [3.05, 3.63) is 0 Å². The number of hydrogen-bond donors (Lipinski definition) is 0. The van der Waals surface area contributed by atoms with Crippen LogP contribution in [0.4, 0.5) is 0 Å². The number of hydrogen-bond acceptors (Lipinski definition) is 4. The molecule has 4 heteroatoms. The fourth-order valence-electron chi connectivity index (χ4n) is 3.93.